The minimum Gasteiger partial charge on any atom is -0.0537 e. The number of fused-ring (bicyclic) bond motifs is 3. The highest BCUT2D eigenvalue weighted by molar-refractivity contribution is 6.07. The first-order valence-electron chi connectivity index (χ1n) is 4.64. The van der Waals surface area contributed by atoms with Crippen LogP contribution in [-0.4, -0.2) is 0 Å². The summed E-state index contributed by atoms with van der Waals surface area (Å²) >= 11 is 0. The van der Waals surface area contributed by atoms with Crippen molar-refractivity contribution in [2.75, 3.05) is 0 Å². The van der Waals surface area contributed by atoms with Crippen LogP contribution >= 0.6 is 0 Å². The third kappa shape index (κ3) is 1.01. The average Bonchev–Trinajstić information content (AvgIpc) is 2.29. The molecule has 64 valence electrons. The Labute approximate surface area is 82.8 Å². The van der Waals surface area contributed by atoms with E-state index in [1.54, 1.807) is 0 Å². The number of hydrogen-bond donors (Lipinski definition) is 0. The van der Waals surface area contributed by atoms with Crippen LogP contribution in [0, 0.1) is 12.1 Å². The van der Waals surface area contributed by atoms with Gasteiger partial charge in [0.2, 0.25) is 0 Å². The van der Waals surface area contributed by atoms with E-state index in [0.29, 0.717) is 0 Å². The molecule has 0 heterocycles. The molecule has 3 rings (SSSR count). The van der Waals surface area contributed by atoms with Crippen LogP contribution < -0.4 is 0 Å². The van der Waals surface area contributed by atoms with Crippen LogP contribution in [0.4, 0.5) is 0 Å². The van der Waals surface area contributed by atoms with Crippen molar-refractivity contribution in [3.8, 4) is 0 Å². The van der Waals surface area contributed by atoms with Crippen molar-refractivity contribution in [1.29, 1.82) is 0 Å². The molecule has 3 aromatic rings. The molecule has 0 atom stereocenters. The predicted octanol–water partition coefficient (Wildman–Crippen LogP) is 3.59. The highest BCUT2D eigenvalue weighted by Crippen LogP contribution is 2.24. The molecule has 0 spiro atoms. The number of benzene rings is 3. The van der Waals surface area contributed by atoms with E-state index >= 15 is 0 Å². The molecule has 0 saturated heterocycles. The molecule has 0 heteroatoms. The van der Waals surface area contributed by atoms with E-state index in [2.05, 4.69) is 36.4 Å². The van der Waals surface area contributed by atoms with Crippen molar-refractivity contribution >= 4 is 21.5 Å². The Hall–Kier alpha value is -1.82. The van der Waals surface area contributed by atoms with Crippen LogP contribution in [0.25, 0.3) is 21.5 Å². The molecule has 3 aromatic carbocycles. The molecule has 0 aliphatic carbocycles. The molecule has 0 saturated carbocycles. The Morgan fingerprint density at radius 3 is 1.64 bits per heavy atom. The third-order valence-corrected chi connectivity index (χ3v) is 2.53. The summed E-state index contributed by atoms with van der Waals surface area (Å²) in [6.45, 7) is 0. The van der Waals surface area contributed by atoms with E-state index in [0.717, 1.165) is 0 Å². The van der Waals surface area contributed by atoms with Crippen LogP contribution in [-0.2, 0) is 0 Å². The highest BCUT2D eigenvalue weighted by Gasteiger charge is 1.97. The summed E-state index contributed by atoms with van der Waals surface area (Å²) in [4.78, 5) is 0. The second-order valence-electron chi connectivity index (χ2n) is 3.36. The van der Waals surface area contributed by atoms with Gasteiger partial charge in [0.25, 0.3) is 0 Å². The summed E-state index contributed by atoms with van der Waals surface area (Å²) in [7, 11) is 0. The monoisotopic (exact) mass is 176 g/mol. The van der Waals surface area contributed by atoms with Crippen molar-refractivity contribution in [3.05, 3.63) is 60.7 Å². The molecule has 0 bridgehead atoms. The molecule has 0 amide bonds. The van der Waals surface area contributed by atoms with Crippen LogP contribution in [0.2, 0.25) is 0 Å². The summed E-state index contributed by atoms with van der Waals surface area (Å²) in [6, 6.07) is 22.6. The Morgan fingerprint density at radius 2 is 1.14 bits per heavy atom. The molecular weight excluding hydrogens is 168 g/mol. The van der Waals surface area contributed by atoms with Gasteiger partial charge in [0.05, 0.1) is 0 Å². The molecule has 0 fully saturated rings. The number of rotatable bonds is 0. The first-order chi connectivity index (χ1) is 6.95. The van der Waals surface area contributed by atoms with Gasteiger partial charge in [0.1, 0.15) is 0 Å². The molecular formula is C14H8. The summed E-state index contributed by atoms with van der Waals surface area (Å²) < 4.78 is 0. The lowest BCUT2D eigenvalue weighted by atomic mass is 10.0. The van der Waals surface area contributed by atoms with Gasteiger partial charge in [0, 0.05) is 0 Å². The topological polar surface area (TPSA) is 0 Å². The van der Waals surface area contributed by atoms with Crippen LogP contribution in [0.1, 0.15) is 0 Å². The zero-order chi connectivity index (χ0) is 9.38. The van der Waals surface area contributed by atoms with Gasteiger partial charge < -0.3 is 0 Å². The normalized spacial score (nSPS) is 10.9. The smallest absolute Gasteiger partial charge is 0.00990 e. The molecule has 0 unspecified atom stereocenters. The maximum Gasteiger partial charge on any atom is -0.00990 e. The van der Waals surface area contributed by atoms with Crippen LogP contribution in [0.15, 0.2) is 48.5 Å². The Morgan fingerprint density at radius 1 is 0.643 bits per heavy atom. The lowest BCUT2D eigenvalue weighted by Gasteiger charge is -2.01. The fourth-order valence-electron chi connectivity index (χ4n) is 1.82. The maximum atomic E-state index is 3.11. The Balaban J connectivity index is 2.61. The lowest BCUT2D eigenvalue weighted by molar-refractivity contribution is 1.75. The first kappa shape index (κ1) is 7.57. The molecule has 0 aliphatic heterocycles. The second-order valence-corrected chi connectivity index (χ2v) is 3.36. The lowest BCUT2D eigenvalue weighted by Crippen LogP contribution is -1.76. The van der Waals surface area contributed by atoms with E-state index in [1.807, 2.05) is 24.3 Å². The molecule has 2 radical (unpaired) electrons. The van der Waals surface area contributed by atoms with Crippen LogP contribution in [0.3, 0.4) is 0 Å². The van der Waals surface area contributed by atoms with E-state index in [9.17, 15) is 0 Å². The standard InChI is InChI=1S/C14H8/c1-3-7-13-11(5-1)9-10-12-6-2-4-8-14(12)13/h1-2,5-10H. The van der Waals surface area contributed by atoms with Crippen molar-refractivity contribution in [3.63, 3.8) is 0 Å². The quantitative estimate of drug-likeness (QED) is 0.459. The summed E-state index contributed by atoms with van der Waals surface area (Å²) in [5.41, 5.74) is 0. The zero-order valence-corrected chi connectivity index (χ0v) is 7.62. The Bertz CT molecular complexity index is 539. The van der Waals surface area contributed by atoms with Crippen LogP contribution in [0.5, 0.6) is 0 Å². The van der Waals surface area contributed by atoms with Gasteiger partial charge in [-0.15, -0.1) is 0 Å². The summed E-state index contributed by atoms with van der Waals surface area (Å²) in [5.74, 6) is 0. The fraction of sp³-hybridized carbons (Fsp3) is 0. The van der Waals surface area contributed by atoms with E-state index in [1.165, 1.54) is 21.5 Å². The molecule has 0 N–H and O–H groups in total. The third-order valence-electron chi connectivity index (χ3n) is 2.53. The highest BCUT2D eigenvalue weighted by atomic mass is 14.0. The van der Waals surface area contributed by atoms with E-state index < -0.39 is 0 Å². The van der Waals surface area contributed by atoms with Crippen molar-refractivity contribution in [1.82, 2.24) is 0 Å². The summed E-state index contributed by atoms with van der Waals surface area (Å²) in [5, 5.41) is 5.02. The molecule has 14 heavy (non-hydrogen) atoms. The first-order valence-corrected chi connectivity index (χ1v) is 4.64. The maximum absolute atomic E-state index is 3.11. The Kier molecular flexibility index (Phi) is 1.54. The number of hydrogen-bond acceptors (Lipinski definition) is 0. The minimum absolute atomic E-state index is 1.25. The average molecular weight is 176 g/mol. The minimum atomic E-state index is 1.25. The molecule has 0 aromatic heterocycles. The summed E-state index contributed by atoms with van der Waals surface area (Å²) in [6.07, 6.45) is 0. The largest absolute Gasteiger partial charge is 0.0537 e. The van der Waals surface area contributed by atoms with E-state index in [-0.39, 0.29) is 0 Å². The molecule has 0 aliphatic rings. The predicted molar refractivity (Wildman–Crippen MR) is 59.1 cm³/mol. The SMILES string of the molecule is [c]1ccc2ccc3cc[c]cc3c2c1. The molecule has 0 nitrogen and oxygen atoms in total. The van der Waals surface area contributed by atoms with Gasteiger partial charge in [-0.05, 0) is 45.8 Å². The van der Waals surface area contributed by atoms with Crippen molar-refractivity contribution in [2.45, 2.75) is 0 Å². The van der Waals surface area contributed by atoms with E-state index in [4.69, 9.17) is 0 Å². The van der Waals surface area contributed by atoms with Crippen molar-refractivity contribution in [2.24, 2.45) is 0 Å². The van der Waals surface area contributed by atoms with Gasteiger partial charge in [-0.25, -0.2) is 0 Å². The van der Waals surface area contributed by atoms with Gasteiger partial charge in [-0.1, -0.05) is 36.4 Å². The van der Waals surface area contributed by atoms with Gasteiger partial charge in [-0.3, -0.25) is 0 Å². The fourth-order valence-corrected chi connectivity index (χ4v) is 1.82. The second kappa shape index (κ2) is 2.85. The van der Waals surface area contributed by atoms with Gasteiger partial charge in [-0.2, -0.15) is 0 Å². The van der Waals surface area contributed by atoms with Gasteiger partial charge in [0.15, 0.2) is 0 Å². The zero-order valence-electron chi connectivity index (χ0n) is 7.62. The van der Waals surface area contributed by atoms with Crippen molar-refractivity contribution < 1.29 is 0 Å². The van der Waals surface area contributed by atoms with Gasteiger partial charge >= 0.3 is 0 Å².